The van der Waals surface area contributed by atoms with Gasteiger partial charge in [0.25, 0.3) is 0 Å². The Kier molecular flexibility index (Phi) is 4.26. The van der Waals surface area contributed by atoms with E-state index in [-0.39, 0.29) is 11.8 Å². The minimum atomic E-state index is -0.891. The van der Waals surface area contributed by atoms with Gasteiger partial charge in [0.1, 0.15) is 10.8 Å². The number of hydrogen-bond acceptors (Lipinski definition) is 2. The monoisotopic (exact) mass is 422 g/mol. The third-order valence-corrected chi connectivity index (χ3v) is 7.74. The Morgan fingerprint density at radius 3 is 2.00 bits per heavy atom. The van der Waals surface area contributed by atoms with Gasteiger partial charge in [0.05, 0.1) is 12.1 Å². The van der Waals surface area contributed by atoms with Crippen molar-refractivity contribution in [2.24, 2.45) is 0 Å². The predicted octanol–water partition coefficient (Wildman–Crippen LogP) is 6.62. The number of fused-ring (bicyclic) bond motifs is 3. The average molecular weight is 423 g/mol. The summed E-state index contributed by atoms with van der Waals surface area (Å²) in [6.45, 7) is 0. The maximum atomic E-state index is 11.0. The molecule has 6 rings (SSSR count). The first-order valence-corrected chi connectivity index (χ1v) is 11.4. The lowest BCUT2D eigenvalue weighted by Crippen LogP contribution is -2.49. The van der Waals surface area contributed by atoms with Gasteiger partial charge < -0.3 is 0 Å². The number of allylic oxidation sites excluding steroid dienone is 6. The largest absolute Gasteiger partial charge is 0.197 e. The van der Waals surface area contributed by atoms with Crippen molar-refractivity contribution in [2.45, 2.75) is 29.1 Å². The number of benzene rings is 3. The summed E-state index contributed by atoms with van der Waals surface area (Å²) in [6, 6.07) is 34.5. The molecule has 4 atom stereocenters. The summed E-state index contributed by atoms with van der Waals surface area (Å²) in [5, 5.41) is 21.7. The van der Waals surface area contributed by atoms with Crippen LogP contribution in [-0.4, -0.2) is 0 Å². The molecule has 0 spiro atoms. The molecule has 3 aromatic carbocycles. The number of nitriles is 2. The second kappa shape index (κ2) is 7.19. The Balaban J connectivity index is 1.78. The summed E-state index contributed by atoms with van der Waals surface area (Å²) in [6.07, 6.45) is 8.88. The van der Waals surface area contributed by atoms with Crippen molar-refractivity contribution in [1.29, 1.82) is 10.5 Å². The quantitative estimate of drug-likeness (QED) is 0.466. The van der Waals surface area contributed by atoms with E-state index in [0.29, 0.717) is 0 Å². The zero-order valence-corrected chi connectivity index (χ0v) is 18.1. The Morgan fingerprint density at radius 2 is 1.33 bits per heavy atom. The summed E-state index contributed by atoms with van der Waals surface area (Å²) in [7, 11) is 0. The summed E-state index contributed by atoms with van der Waals surface area (Å²) in [5.41, 5.74) is 4.58. The molecule has 0 saturated heterocycles. The van der Waals surface area contributed by atoms with E-state index in [2.05, 4.69) is 72.8 Å². The predicted molar refractivity (Wildman–Crippen MR) is 129 cm³/mol. The van der Waals surface area contributed by atoms with E-state index in [0.717, 1.165) is 34.3 Å². The zero-order chi connectivity index (χ0) is 22.5. The third kappa shape index (κ3) is 2.47. The van der Waals surface area contributed by atoms with Crippen molar-refractivity contribution in [2.75, 3.05) is 0 Å². The van der Waals surface area contributed by atoms with Gasteiger partial charge in [-0.15, -0.1) is 0 Å². The highest BCUT2D eigenvalue weighted by Gasteiger charge is 2.60. The lowest BCUT2D eigenvalue weighted by atomic mass is 9.46. The van der Waals surface area contributed by atoms with E-state index >= 15 is 0 Å². The highest BCUT2D eigenvalue weighted by molar-refractivity contribution is 5.73. The smallest absolute Gasteiger partial charge is 0.123 e. The van der Waals surface area contributed by atoms with Crippen LogP contribution >= 0.6 is 0 Å². The highest BCUT2D eigenvalue weighted by Crippen LogP contribution is 2.65. The lowest BCUT2D eigenvalue weighted by Gasteiger charge is -2.53. The van der Waals surface area contributed by atoms with E-state index < -0.39 is 10.8 Å². The summed E-state index contributed by atoms with van der Waals surface area (Å²) >= 11 is 0. The van der Waals surface area contributed by atoms with Crippen molar-refractivity contribution < 1.29 is 0 Å². The van der Waals surface area contributed by atoms with E-state index in [1.807, 2.05) is 48.6 Å². The molecule has 0 radical (unpaired) electrons. The fourth-order valence-corrected chi connectivity index (χ4v) is 6.42. The normalized spacial score (nSPS) is 28.9. The Labute approximate surface area is 194 Å². The molecule has 0 saturated carbocycles. The van der Waals surface area contributed by atoms with Crippen LogP contribution in [0, 0.1) is 22.7 Å². The first kappa shape index (κ1) is 19.5. The molecule has 0 amide bonds. The second-order valence-corrected chi connectivity index (χ2v) is 9.09. The average Bonchev–Trinajstić information content (AvgIpc) is 3.06. The minimum Gasteiger partial charge on any atom is -0.197 e. The van der Waals surface area contributed by atoms with Gasteiger partial charge in [0.15, 0.2) is 0 Å². The molecule has 4 bridgehead atoms. The molecule has 0 aromatic heterocycles. The SMILES string of the molecule is N#CC12C=CC=CC3=C1[C@H](c1ccccc1)C[C@H](c1ccccc1)C3(C#N)c1ccccc12. The molecule has 2 unspecified atom stereocenters. The summed E-state index contributed by atoms with van der Waals surface area (Å²) < 4.78 is 0. The van der Waals surface area contributed by atoms with Crippen molar-refractivity contribution >= 4 is 0 Å². The van der Waals surface area contributed by atoms with Gasteiger partial charge >= 0.3 is 0 Å². The van der Waals surface area contributed by atoms with Crippen LogP contribution in [-0.2, 0) is 10.8 Å². The van der Waals surface area contributed by atoms with Crippen LogP contribution < -0.4 is 0 Å². The summed E-state index contributed by atoms with van der Waals surface area (Å²) in [5.74, 6) is 0.00142. The molecular formula is C31H22N2. The topological polar surface area (TPSA) is 47.6 Å². The van der Waals surface area contributed by atoms with Crippen LogP contribution in [0.25, 0.3) is 0 Å². The Bertz CT molecular complexity index is 1410. The number of nitrogens with zero attached hydrogens (tertiary/aromatic N) is 2. The van der Waals surface area contributed by atoms with Crippen molar-refractivity contribution in [1.82, 2.24) is 0 Å². The van der Waals surface area contributed by atoms with Gasteiger partial charge in [-0.2, -0.15) is 10.5 Å². The van der Waals surface area contributed by atoms with E-state index in [1.165, 1.54) is 5.56 Å². The molecule has 0 fully saturated rings. The molecule has 33 heavy (non-hydrogen) atoms. The molecule has 2 heteroatoms. The molecule has 2 nitrogen and oxygen atoms in total. The molecule has 3 aromatic rings. The van der Waals surface area contributed by atoms with Crippen LogP contribution in [0.15, 0.2) is 120 Å². The Hall–Kier alpha value is -4.14. The lowest BCUT2D eigenvalue weighted by molar-refractivity contribution is 0.378. The minimum absolute atomic E-state index is 0.0340. The highest BCUT2D eigenvalue weighted by atomic mass is 14.6. The van der Waals surface area contributed by atoms with E-state index in [1.54, 1.807) is 0 Å². The molecule has 3 aliphatic rings. The van der Waals surface area contributed by atoms with Crippen LogP contribution in [0.2, 0.25) is 0 Å². The number of rotatable bonds is 2. The van der Waals surface area contributed by atoms with E-state index in [4.69, 9.17) is 0 Å². The van der Waals surface area contributed by atoms with E-state index in [9.17, 15) is 10.5 Å². The van der Waals surface area contributed by atoms with Crippen LogP contribution in [0.3, 0.4) is 0 Å². The molecule has 0 N–H and O–H groups in total. The van der Waals surface area contributed by atoms with Gasteiger partial charge in [0, 0.05) is 11.8 Å². The molecule has 0 heterocycles. The van der Waals surface area contributed by atoms with Crippen LogP contribution in [0.1, 0.15) is 40.5 Å². The van der Waals surface area contributed by atoms with Crippen LogP contribution in [0.5, 0.6) is 0 Å². The first-order valence-electron chi connectivity index (χ1n) is 11.4. The first-order chi connectivity index (χ1) is 16.3. The Morgan fingerprint density at radius 1 is 0.697 bits per heavy atom. The van der Waals surface area contributed by atoms with Gasteiger partial charge in [-0.25, -0.2) is 0 Å². The summed E-state index contributed by atoms with van der Waals surface area (Å²) in [4.78, 5) is 0. The second-order valence-electron chi connectivity index (χ2n) is 9.09. The van der Waals surface area contributed by atoms with Gasteiger partial charge in [-0.3, -0.25) is 0 Å². The van der Waals surface area contributed by atoms with Gasteiger partial charge in [-0.05, 0) is 39.8 Å². The van der Waals surface area contributed by atoms with Crippen LogP contribution in [0.4, 0.5) is 0 Å². The van der Waals surface area contributed by atoms with Crippen molar-refractivity contribution in [3.05, 3.63) is 143 Å². The van der Waals surface area contributed by atoms with Crippen molar-refractivity contribution in [3.63, 3.8) is 0 Å². The van der Waals surface area contributed by atoms with Crippen molar-refractivity contribution in [3.8, 4) is 12.1 Å². The zero-order valence-electron chi connectivity index (χ0n) is 18.1. The standard InChI is InChI=1S/C31H22N2/c32-20-30-18-10-9-17-27-29(30)24(22-11-3-1-4-12-22)19-28(23-13-5-2-6-14-23)31(27,21-33)26-16-8-7-15-25(26)30/h1-18,24,28H,19H2/t24-,28+,30?,31?/m0/s1. The maximum absolute atomic E-state index is 11.0. The fraction of sp³-hybridized carbons (Fsp3) is 0.161. The number of hydrogen-bond donors (Lipinski definition) is 0. The fourth-order valence-electron chi connectivity index (χ4n) is 6.42. The molecular weight excluding hydrogens is 400 g/mol. The third-order valence-electron chi connectivity index (χ3n) is 7.74. The van der Waals surface area contributed by atoms with Gasteiger partial charge in [-0.1, -0.05) is 109 Å². The maximum Gasteiger partial charge on any atom is 0.123 e. The molecule has 156 valence electrons. The molecule has 0 aliphatic heterocycles. The van der Waals surface area contributed by atoms with Gasteiger partial charge in [0.2, 0.25) is 0 Å². The molecule has 3 aliphatic carbocycles.